The van der Waals surface area contributed by atoms with Crippen molar-refractivity contribution in [2.45, 2.75) is 11.3 Å². The van der Waals surface area contributed by atoms with Crippen molar-refractivity contribution in [1.29, 1.82) is 0 Å². The van der Waals surface area contributed by atoms with Crippen LogP contribution in [0.2, 0.25) is 0 Å². The molecule has 0 radical (unpaired) electrons. The lowest BCUT2D eigenvalue weighted by Crippen LogP contribution is -2.34. The summed E-state index contributed by atoms with van der Waals surface area (Å²) in [4.78, 5) is 36.6. The third-order valence-corrected chi connectivity index (χ3v) is 3.96. The van der Waals surface area contributed by atoms with E-state index in [1.165, 1.54) is 28.8 Å². The van der Waals surface area contributed by atoms with E-state index < -0.39 is 10.8 Å². The Morgan fingerprint density at radius 3 is 2.86 bits per heavy atom. The molecule has 21 heavy (non-hydrogen) atoms. The second kappa shape index (κ2) is 6.57. The molecule has 1 heterocycles. The molecule has 0 saturated carbocycles. The van der Waals surface area contributed by atoms with E-state index in [-0.39, 0.29) is 30.1 Å². The van der Waals surface area contributed by atoms with Crippen LogP contribution in [0.4, 0.5) is 5.69 Å². The van der Waals surface area contributed by atoms with E-state index in [0.29, 0.717) is 13.1 Å². The van der Waals surface area contributed by atoms with Gasteiger partial charge in [0.15, 0.2) is 0 Å². The Labute approximate surface area is 125 Å². The summed E-state index contributed by atoms with van der Waals surface area (Å²) < 4.78 is 0. The maximum Gasteiger partial charge on any atom is 0.282 e. The zero-order valence-corrected chi connectivity index (χ0v) is 12.3. The highest BCUT2D eigenvalue weighted by atomic mass is 32.2. The summed E-state index contributed by atoms with van der Waals surface area (Å²) >= 11 is 1.41. The zero-order chi connectivity index (χ0) is 15.4. The minimum Gasteiger partial charge on any atom is -0.354 e. The van der Waals surface area contributed by atoms with Gasteiger partial charge in [-0.1, -0.05) is 0 Å². The van der Waals surface area contributed by atoms with Crippen molar-refractivity contribution in [2.75, 3.05) is 25.9 Å². The largest absolute Gasteiger partial charge is 0.354 e. The molecule has 0 atom stereocenters. The molecule has 0 spiro atoms. The first-order valence-corrected chi connectivity index (χ1v) is 7.64. The third-order valence-electron chi connectivity index (χ3n) is 3.23. The molecule has 112 valence electrons. The second-order valence-corrected chi connectivity index (χ2v) is 5.41. The van der Waals surface area contributed by atoms with Crippen LogP contribution in [0.1, 0.15) is 16.8 Å². The van der Waals surface area contributed by atoms with Gasteiger partial charge in [0.2, 0.25) is 5.91 Å². The number of nitro benzene ring substituents is 1. The molecule has 8 heteroatoms. The summed E-state index contributed by atoms with van der Waals surface area (Å²) in [6.07, 6.45) is 2.05. The smallest absolute Gasteiger partial charge is 0.282 e. The van der Waals surface area contributed by atoms with Crippen LogP contribution in [-0.2, 0) is 4.79 Å². The second-order valence-electron chi connectivity index (χ2n) is 4.53. The number of nitro groups is 1. The number of nitrogens with one attached hydrogen (secondary N) is 1. The molecular formula is C13H15N3O4S. The first kappa shape index (κ1) is 15.3. The van der Waals surface area contributed by atoms with Gasteiger partial charge in [-0.2, -0.15) is 0 Å². The van der Waals surface area contributed by atoms with Crippen LogP contribution in [0, 0.1) is 10.1 Å². The minimum absolute atomic E-state index is 0.0706. The number of rotatable bonds is 3. The van der Waals surface area contributed by atoms with Crippen molar-refractivity contribution in [3.8, 4) is 0 Å². The fourth-order valence-electron chi connectivity index (χ4n) is 2.11. The maximum atomic E-state index is 12.5. The first-order chi connectivity index (χ1) is 10.0. The van der Waals surface area contributed by atoms with Crippen molar-refractivity contribution in [2.24, 2.45) is 0 Å². The van der Waals surface area contributed by atoms with Gasteiger partial charge >= 0.3 is 0 Å². The minimum atomic E-state index is -0.557. The summed E-state index contributed by atoms with van der Waals surface area (Å²) in [6.45, 7) is 0.983. The highest BCUT2D eigenvalue weighted by Crippen LogP contribution is 2.26. The third kappa shape index (κ3) is 3.52. The van der Waals surface area contributed by atoms with Crippen molar-refractivity contribution in [3.63, 3.8) is 0 Å². The van der Waals surface area contributed by atoms with Crippen LogP contribution in [0.5, 0.6) is 0 Å². The molecule has 2 rings (SSSR count). The number of hydrogen-bond acceptors (Lipinski definition) is 5. The molecule has 1 fully saturated rings. The van der Waals surface area contributed by atoms with Crippen LogP contribution < -0.4 is 5.32 Å². The van der Waals surface area contributed by atoms with E-state index in [1.807, 2.05) is 6.26 Å². The molecule has 0 bridgehead atoms. The summed E-state index contributed by atoms with van der Waals surface area (Å²) in [6, 6.07) is 4.50. The molecule has 7 nitrogen and oxygen atoms in total. The van der Waals surface area contributed by atoms with Gasteiger partial charge in [-0.05, 0) is 18.4 Å². The van der Waals surface area contributed by atoms with Gasteiger partial charge in [-0.15, -0.1) is 11.8 Å². The van der Waals surface area contributed by atoms with Gasteiger partial charge in [0.05, 0.1) is 4.92 Å². The van der Waals surface area contributed by atoms with E-state index in [4.69, 9.17) is 0 Å². The van der Waals surface area contributed by atoms with E-state index in [9.17, 15) is 19.7 Å². The van der Waals surface area contributed by atoms with Crippen LogP contribution >= 0.6 is 11.8 Å². The molecule has 0 unspecified atom stereocenters. The fraction of sp³-hybridized carbons (Fsp3) is 0.385. The quantitative estimate of drug-likeness (QED) is 0.516. The van der Waals surface area contributed by atoms with Crippen molar-refractivity contribution in [1.82, 2.24) is 10.2 Å². The molecule has 1 saturated heterocycles. The molecule has 2 amide bonds. The summed E-state index contributed by atoms with van der Waals surface area (Å²) in [5.41, 5.74) is -0.137. The van der Waals surface area contributed by atoms with Crippen LogP contribution in [0.3, 0.4) is 0 Å². The van der Waals surface area contributed by atoms with Crippen LogP contribution in [0.15, 0.2) is 23.1 Å². The molecule has 1 aromatic carbocycles. The Bertz CT molecular complexity index is 591. The van der Waals surface area contributed by atoms with Gasteiger partial charge in [0.25, 0.3) is 11.6 Å². The Kier molecular flexibility index (Phi) is 4.79. The van der Waals surface area contributed by atoms with Crippen LogP contribution in [0.25, 0.3) is 0 Å². The molecule has 1 aromatic rings. The number of carbonyl (C=O) groups is 2. The van der Waals surface area contributed by atoms with Gasteiger partial charge in [-0.3, -0.25) is 19.7 Å². The molecular weight excluding hydrogens is 294 g/mol. The Hall–Kier alpha value is -2.09. The lowest BCUT2D eigenvalue weighted by Gasteiger charge is -2.19. The fourth-order valence-corrected chi connectivity index (χ4v) is 2.55. The maximum absolute atomic E-state index is 12.5. The summed E-state index contributed by atoms with van der Waals surface area (Å²) in [7, 11) is 0. The average molecular weight is 309 g/mol. The molecule has 0 aromatic heterocycles. The topological polar surface area (TPSA) is 92.6 Å². The van der Waals surface area contributed by atoms with Crippen molar-refractivity contribution in [3.05, 3.63) is 33.9 Å². The number of nitrogens with zero attached hydrogens (tertiary/aromatic N) is 2. The van der Waals surface area contributed by atoms with E-state index in [2.05, 4.69) is 5.32 Å². The highest BCUT2D eigenvalue weighted by Gasteiger charge is 2.26. The summed E-state index contributed by atoms with van der Waals surface area (Å²) in [5.74, 6) is -0.522. The van der Waals surface area contributed by atoms with Crippen LogP contribution in [-0.4, -0.2) is 47.5 Å². The average Bonchev–Trinajstić information content (AvgIpc) is 2.70. The monoisotopic (exact) mass is 309 g/mol. The first-order valence-electron chi connectivity index (χ1n) is 6.41. The van der Waals surface area contributed by atoms with E-state index in [1.54, 1.807) is 6.07 Å². The Morgan fingerprint density at radius 1 is 1.43 bits per heavy atom. The summed E-state index contributed by atoms with van der Waals surface area (Å²) in [5, 5.41) is 13.8. The highest BCUT2D eigenvalue weighted by molar-refractivity contribution is 7.98. The lowest BCUT2D eigenvalue weighted by molar-refractivity contribution is -0.385. The van der Waals surface area contributed by atoms with Gasteiger partial charge in [0.1, 0.15) is 5.56 Å². The molecule has 1 aliphatic heterocycles. The number of amides is 2. The van der Waals surface area contributed by atoms with Gasteiger partial charge < -0.3 is 10.2 Å². The number of benzene rings is 1. The SMILES string of the molecule is CSc1ccc([N+](=O)[O-])c(C(=O)N2CCNC(=O)CC2)c1. The van der Waals surface area contributed by atoms with E-state index >= 15 is 0 Å². The predicted molar refractivity (Wildman–Crippen MR) is 78.4 cm³/mol. The lowest BCUT2D eigenvalue weighted by atomic mass is 10.1. The van der Waals surface area contributed by atoms with Gasteiger partial charge in [0, 0.05) is 37.0 Å². The predicted octanol–water partition coefficient (Wildman–Crippen LogP) is 1.28. The number of hydrogen-bond donors (Lipinski definition) is 1. The number of carbonyl (C=O) groups excluding carboxylic acids is 2. The standard InChI is InChI=1S/C13H15N3O4S/c1-21-9-2-3-11(16(19)20)10(8-9)13(18)15-6-4-12(17)14-5-7-15/h2-3,8H,4-7H2,1H3,(H,14,17). The molecule has 1 N–H and O–H groups in total. The normalized spacial score (nSPS) is 15.3. The Morgan fingerprint density at radius 2 is 2.19 bits per heavy atom. The molecule has 1 aliphatic rings. The molecule has 0 aliphatic carbocycles. The van der Waals surface area contributed by atoms with Gasteiger partial charge in [-0.25, -0.2) is 0 Å². The Balaban J connectivity index is 2.32. The van der Waals surface area contributed by atoms with Crippen molar-refractivity contribution < 1.29 is 14.5 Å². The zero-order valence-electron chi connectivity index (χ0n) is 11.5. The number of thioether (sulfide) groups is 1. The van der Waals surface area contributed by atoms with E-state index in [0.717, 1.165) is 4.90 Å². The van der Waals surface area contributed by atoms with Crippen molar-refractivity contribution >= 4 is 29.3 Å².